The SMILES string of the molecule is COC(=O)c1ccc(C=CC(=O)NCc2ccccc2CN(C)C)cc1. The van der Waals surface area contributed by atoms with E-state index in [0.717, 1.165) is 17.7 Å². The zero-order valence-corrected chi connectivity index (χ0v) is 15.4. The molecule has 2 aromatic rings. The van der Waals surface area contributed by atoms with Crippen LogP contribution in [0.4, 0.5) is 0 Å². The van der Waals surface area contributed by atoms with Crippen molar-refractivity contribution in [3.05, 3.63) is 76.9 Å². The van der Waals surface area contributed by atoms with E-state index in [0.29, 0.717) is 12.1 Å². The monoisotopic (exact) mass is 352 g/mol. The Kier molecular flexibility index (Phi) is 7.12. The van der Waals surface area contributed by atoms with Crippen LogP contribution in [0.15, 0.2) is 54.6 Å². The van der Waals surface area contributed by atoms with Gasteiger partial charge in [-0.2, -0.15) is 0 Å². The van der Waals surface area contributed by atoms with Crippen LogP contribution in [0.5, 0.6) is 0 Å². The van der Waals surface area contributed by atoms with Crippen LogP contribution < -0.4 is 5.32 Å². The minimum absolute atomic E-state index is 0.165. The average Bonchev–Trinajstić information content (AvgIpc) is 2.65. The van der Waals surface area contributed by atoms with Crippen LogP contribution in [0.1, 0.15) is 27.0 Å². The molecule has 5 nitrogen and oxygen atoms in total. The van der Waals surface area contributed by atoms with Crippen molar-refractivity contribution >= 4 is 18.0 Å². The molecule has 0 aliphatic heterocycles. The van der Waals surface area contributed by atoms with Gasteiger partial charge in [-0.05, 0) is 49.0 Å². The molecule has 0 aliphatic carbocycles. The van der Waals surface area contributed by atoms with Crippen molar-refractivity contribution in [3.8, 4) is 0 Å². The van der Waals surface area contributed by atoms with Crippen LogP contribution in [0.2, 0.25) is 0 Å². The molecule has 0 aromatic heterocycles. The van der Waals surface area contributed by atoms with Crippen LogP contribution in [0, 0.1) is 0 Å². The van der Waals surface area contributed by atoms with Crippen LogP contribution >= 0.6 is 0 Å². The van der Waals surface area contributed by atoms with Crippen molar-refractivity contribution in [1.29, 1.82) is 0 Å². The summed E-state index contributed by atoms with van der Waals surface area (Å²) < 4.78 is 4.66. The molecule has 0 saturated carbocycles. The Bertz CT molecular complexity index is 780. The lowest BCUT2D eigenvalue weighted by Gasteiger charge is -2.14. The van der Waals surface area contributed by atoms with E-state index in [-0.39, 0.29) is 11.9 Å². The van der Waals surface area contributed by atoms with E-state index in [1.54, 1.807) is 30.3 Å². The number of carbonyl (C=O) groups excluding carboxylic acids is 2. The van der Waals surface area contributed by atoms with Crippen molar-refractivity contribution < 1.29 is 14.3 Å². The van der Waals surface area contributed by atoms with Crippen LogP contribution in [0.3, 0.4) is 0 Å². The molecule has 0 heterocycles. The molecule has 0 spiro atoms. The summed E-state index contributed by atoms with van der Waals surface area (Å²) in [6.45, 7) is 1.31. The Hall–Kier alpha value is -2.92. The molecule has 1 amide bonds. The van der Waals surface area contributed by atoms with Gasteiger partial charge in [0.1, 0.15) is 0 Å². The number of esters is 1. The molecule has 0 bridgehead atoms. The van der Waals surface area contributed by atoms with E-state index in [1.807, 2.05) is 32.3 Å². The molecule has 0 radical (unpaired) electrons. The van der Waals surface area contributed by atoms with Crippen molar-refractivity contribution in [2.24, 2.45) is 0 Å². The van der Waals surface area contributed by atoms with Crippen LogP contribution in [0.25, 0.3) is 6.08 Å². The maximum atomic E-state index is 12.1. The molecule has 2 rings (SSSR count). The third-order valence-corrected chi connectivity index (χ3v) is 3.82. The topological polar surface area (TPSA) is 58.6 Å². The third kappa shape index (κ3) is 5.86. The predicted molar refractivity (Wildman–Crippen MR) is 102 cm³/mol. The van der Waals surface area contributed by atoms with Gasteiger partial charge in [-0.1, -0.05) is 36.4 Å². The molecular weight excluding hydrogens is 328 g/mol. The average molecular weight is 352 g/mol. The lowest BCUT2D eigenvalue weighted by atomic mass is 10.1. The van der Waals surface area contributed by atoms with Gasteiger partial charge in [0.05, 0.1) is 12.7 Å². The lowest BCUT2D eigenvalue weighted by Crippen LogP contribution is -2.22. The summed E-state index contributed by atoms with van der Waals surface area (Å²) in [6.07, 6.45) is 3.20. The van der Waals surface area contributed by atoms with Gasteiger partial charge in [0.2, 0.25) is 5.91 Å². The number of nitrogens with zero attached hydrogens (tertiary/aromatic N) is 1. The second-order valence-corrected chi connectivity index (χ2v) is 6.17. The highest BCUT2D eigenvalue weighted by molar-refractivity contribution is 5.92. The molecule has 26 heavy (non-hydrogen) atoms. The summed E-state index contributed by atoms with van der Waals surface area (Å²) >= 11 is 0. The number of carbonyl (C=O) groups is 2. The lowest BCUT2D eigenvalue weighted by molar-refractivity contribution is -0.116. The number of benzene rings is 2. The van der Waals surface area contributed by atoms with Crippen LogP contribution in [-0.2, 0) is 22.6 Å². The minimum atomic E-state index is -0.380. The summed E-state index contributed by atoms with van der Waals surface area (Å²) in [5, 5.41) is 2.90. The molecule has 0 aliphatic rings. The highest BCUT2D eigenvalue weighted by Crippen LogP contribution is 2.11. The Morgan fingerprint density at radius 2 is 1.69 bits per heavy atom. The zero-order chi connectivity index (χ0) is 18.9. The molecule has 136 valence electrons. The van der Waals surface area contributed by atoms with Crippen molar-refractivity contribution in [2.45, 2.75) is 13.1 Å². The number of rotatable bonds is 7. The van der Waals surface area contributed by atoms with E-state index in [4.69, 9.17) is 0 Å². The smallest absolute Gasteiger partial charge is 0.337 e. The Balaban J connectivity index is 1.93. The number of hydrogen-bond acceptors (Lipinski definition) is 4. The highest BCUT2D eigenvalue weighted by atomic mass is 16.5. The first-order chi connectivity index (χ1) is 12.5. The standard InChI is InChI=1S/C21H24N2O3/c1-23(2)15-19-7-5-4-6-18(19)14-22-20(24)13-10-16-8-11-17(12-9-16)21(25)26-3/h4-13H,14-15H2,1-3H3,(H,22,24). The largest absolute Gasteiger partial charge is 0.465 e. The van der Waals surface area contributed by atoms with E-state index in [1.165, 1.54) is 18.7 Å². The summed E-state index contributed by atoms with van der Waals surface area (Å²) in [5.41, 5.74) is 3.61. The van der Waals surface area contributed by atoms with Gasteiger partial charge in [-0.3, -0.25) is 4.79 Å². The van der Waals surface area contributed by atoms with Gasteiger partial charge in [-0.25, -0.2) is 4.79 Å². The predicted octanol–water partition coefficient (Wildman–Crippen LogP) is 2.86. The van der Waals surface area contributed by atoms with Crippen LogP contribution in [-0.4, -0.2) is 38.0 Å². The number of amides is 1. The first-order valence-electron chi connectivity index (χ1n) is 8.35. The third-order valence-electron chi connectivity index (χ3n) is 3.82. The summed E-state index contributed by atoms with van der Waals surface area (Å²) in [4.78, 5) is 25.6. The Labute approximate surface area is 154 Å². The first kappa shape index (κ1) is 19.4. The van der Waals surface area contributed by atoms with Gasteiger partial charge in [0, 0.05) is 19.2 Å². The van der Waals surface area contributed by atoms with Gasteiger partial charge in [0.25, 0.3) is 0 Å². The number of hydrogen-bond donors (Lipinski definition) is 1. The van der Waals surface area contributed by atoms with E-state index in [9.17, 15) is 9.59 Å². The van der Waals surface area contributed by atoms with Crippen molar-refractivity contribution in [1.82, 2.24) is 10.2 Å². The molecule has 0 atom stereocenters. The van der Waals surface area contributed by atoms with E-state index < -0.39 is 0 Å². The molecule has 5 heteroatoms. The first-order valence-corrected chi connectivity index (χ1v) is 8.35. The maximum absolute atomic E-state index is 12.1. The summed E-state index contributed by atoms with van der Waals surface area (Å²) in [6, 6.07) is 14.9. The zero-order valence-electron chi connectivity index (χ0n) is 15.4. The van der Waals surface area contributed by atoms with Gasteiger partial charge in [-0.15, -0.1) is 0 Å². The Morgan fingerprint density at radius 3 is 2.31 bits per heavy atom. The second kappa shape index (κ2) is 9.53. The fourth-order valence-electron chi connectivity index (χ4n) is 2.49. The Morgan fingerprint density at radius 1 is 1.04 bits per heavy atom. The quantitative estimate of drug-likeness (QED) is 0.615. The molecule has 0 fully saturated rings. The number of methoxy groups -OCH3 is 1. The molecular formula is C21H24N2O3. The van der Waals surface area contributed by atoms with Gasteiger partial charge in [0.15, 0.2) is 0 Å². The molecule has 1 N–H and O–H groups in total. The fourth-order valence-corrected chi connectivity index (χ4v) is 2.49. The van der Waals surface area contributed by atoms with Crippen molar-refractivity contribution in [3.63, 3.8) is 0 Å². The maximum Gasteiger partial charge on any atom is 0.337 e. The minimum Gasteiger partial charge on any atom is -0.465 e. The van der Waals surface area contributed by atoms with E-state index in [2.05, 4.69) is 21.0 Å². The number of nitrogens with one attached hydrogen (secondary N) is 1. The summed E-state index contributed by atoms with van der Waals surface area (Å²) in [7, 11) is 5.38. The molecule has 2 aromatic carbocycles. The fraction of sp³-hybridized carbons (Fsp3) is 0.238. The van der Waals surface area contributed by atoms with Crippen molar-refractivity contribution in [2.75, 3.05) is 21.2 Å². The normalized spacial score (nSPS) is 10.9. The highest BCUT2D eigenvalue weighted by Gasteiger charge is 2.05. The molecule has 0 saturated heterocycles. The number of ether oxygens (including phenoxy) is 1. The molecule has 0 unspecified atom stereocenters. The van der Waals surface area contributed by atoms with Gasteiger partial charge < -0.3 is 15.0 Å². The second-order valence-electron chi connectivity index (χ2n) is 6.17. The van der Waals surface area contributed by atoms with E-state index >= 15 is 0 Å². The summed E-state index contributed by atoms with van der Waals surface area (Å²) in [5.74, 6) is -0.545. The van der Waals surface area contributed by atoms with Gasteiger partial charge >= 0.3 is 5.97 Å².